The minimum absolute atomic E-state index is 0.0477. The lowest BCUT2D eigenvalue weighted by molar-refractivity contribution is -0.140. The van der Waals surface area contributed by atoms with Gasteiger partial charge in [-0.1, -0.05) is 75.7 Å². The molecule has 0 radical (unpaired) electrons. The van der Waals surface area contributed by atoms with Crippen LogP contribution in [0.4, 0.5) is 4.79 Å². The van der Waals surface area contributed by atoms with Gasteiger partial charge in [-0.3, -0.25) is 0 Å². The molecule has 5 heteroatoms. The molecule has 148 valence electrons. The first-order valence-corrected chi connectivity index (χ1v) is 9.66. The lowest BCUT2D eigenvalue weighted by Crippen LogP contribution is -2.44. The van der Waals surface area contributed by atoms with Gasteiger partial charge in [-0.15, -0.1) is 0 Å². The number of fused-ring (bicyclic) bond motifs is 3. The zero-order chi connectivity index (χ0) is 20.3. The van der Waals surface area contributed by atoms with Gasteiger partial charge in [0, 0.05) is 5.92 Å². The molecule has 3 rings (SSSR count). The minimum atomic E-state index is -1.05. The molecule has 0 fully saturated rings. The first-order chi connectivity index (χ1) is 13.3. The van der Waals surface area contributed by atoms with Gasteiger partial charge in [-0.2, -0.15) is 0 Å². The van der Waals surface area contributed by atoms with E-state index in [1.165, 1.54) is 0 Å². The number of carbonyl (C=O) groups is 2. The molecule has 2 aromatic carbocycles. The molecule has 0 spiro atoms. The van der Waals surface area contributed by atoms with Gasteiger partial charge >= 0.3 is 12.1 Å². The largest absolute Gasteiger partial charge is 0.480 e. The van der Waals surface area contributed by atoms with E-state index in [-0.39, 0.29) is 17.9 Å². The molecule has 0 unspecified atom stereocenters. The summed E-state index contributed by atoms with van der Waals surface area (Å²) in [6, 6.07) is 15.2. The van der Waals surface area contributed by atoms with E-state index in [4.69, 9.17) is 4.74 Å². The van der Waals surface area contributed by atoms with Gasteiger partial charge in [0.15, 0.2) is 0 Å². The maximum atomic E-state index is 12.3. The highest BCUT2D eigenvalue weighted by Crippen LogP contribution is 2.44. The lowest BCUT2D eigenvalue weighted by atomic mass is 9.83. The van der Waals surface area contributed by atoms with Crippen LogP contribution in [0.15, 0.2) is 48.5 Å². The summed E-state index contributed by atoms with van der Waals surface area (Å²) < 4.78 is 5.46. The Kier molecular flexibility index (Phi) is 5.73. The van der Waals surface area contributed by atoms with Crippen molar-refractivity contribution in [1.29, 1.82) is 0 Å². The molecule has 0 aromatic heterocycles. The molecule has 1 atom stereocenters. The predicted octanol–water partition coefficient (Wildman–Crippen LogP) is 4.80. The van der Waals surface area contributed by atoms with Crippen molar-refractivity contribution in [3.63, 3.8) is 0 Å². The molecular formula is C23H27NO4. The Bertz CT molecular complexity index is 829. The number of ether oxygens (including phenoxy) is 1. The predicted molar refractivity (Wildman–Crippen MR) is 108 cm³/mol. The van der Waals surface area contributed by atoms with Crippen LogP contribution in [0.3, 0.4) is 0 Å². The molecule has 2 aromatic rings. The van der Waals surface area contributed by atoms with E-state index in [1.807, 2.05) is 57.2 Å². The molecule has 0 saturated carbocycles. The van der Waals surface area contributed by atoms with Gasteiger partial charge in [-0.25, -0.2) is 9.59 Å². The van der Waals surface area contributed by atoms with Crippen LogP contribution >= 0.6 is 0 Å². The number of carboxylic acid groups (broad SMARTS) is 1. The molecule has 1 amide bonds. The van der Waals surface area contributed by atoms with E-state index in [0.29, 0.717) is 6.42 Å². The Hall–Kier alpha value is -2.82. The fourth-order valence-electron chi connectivity index (χ4n) is 3.68. The van der Waals surface area contributed by atoms with E-state index in [9.17, 15) is 14.7 Å². The molecule has 1 aliphatic carbocycles. The molecule has 28 heavy (non-hydrogen) atoms. The Balaban J connectivity index is 1.68. The SMILES string of the molecule is CCC(C)(C)C[C@@H](NC(=O)OCC1c2ccccc2-c2ccccc21)C(=O)O. The Labute approximate surface area is 165 Å². The third kappa shape index (κ3) is 4.19. The number of hydrogen-bond donors (Lipinski definition) is 2. The van der Waals surface area contributed by atoms with Crippen LogP contribution in [0.5, 0.6) is 0 Å². The van der Waals surface area contributed by atoms with Crippen LogP contribution < -0.4 is 5.32 Å². The number of carbonyl (C=O) groups excluding carboxylic acids is 1. The molecule has 0 heterocycles. The average Bonchev–Trinajstić information content (AvgIpc) is 2.99. The summed E-state index contributed by atoms with van der Waals surface area (Å²) in [5.74, 6) is -1.09. The summed E-state index contributed by atoms with van der Waals surface area (Å²) >= 11 is 0. The van der Waals surface area contributed by atoms with Crippen molar-refractivity contribution in [3.05, 3.63) is 59.7 Å². The van der Waals surface area contributed by atoms with E-state index in [0.717, 1.165) is 28.7 Å². The quantitative estimate of drug-likeness (QED) is 0.722. The highest BCUT2D eigenvalue weighted by Gasteiger charge is 2.31. The summed E-state index contributed by atoms with van der Waals surface area (Å²) in [5, 5.41) is 12.0. The third-order valence-electron chi connectivity index (χ3n) is 5.65. The topological polar surface area (TPSA) is 75.6 Å². The van der Waals surface area contributed by atoms with Crippen molar-refractivity contribution in [2.24, 2.45) is 5.41 Å². The number of carboxylic acids is 1. The highest BCUT2D eigenvalue weighted by molar-refractivity contribution is 5.81. The fourth-order valence-corrected chi connectivity index (χ4v) is 3.68. The first-order valence-electron chi connectivity index (χ1n) is 9.66. The second-order valence-corrected chi connectivity index (χ2v) is 8.08. The van der Waals surface area contributed by atoms with Crippen LogP contribution in [-0.2, 0) is 9.53 Å². The second kappa shape index (κ2) is 8.05. The average molecular weight is 381 g/mol. The summed E-state index contributed by atoms with van der Waals surface area (Å²) in [7, 11) is 0. The van der Waals surface area contributed by atoms with E-state index in [1.54, 1.807) is 0 Å². The van der Waals surface area contributed by atoms with Crippen molar-refractivity contribution in [3.8, 4) is 11.1 Å². The van der Waals surface area contributed by atoms with Crippen molar-refractivity contribution < 1.29 is 19.4 Å². The number of amides is 1. The molecule has 0 saturated heterocycles. The first kappa shape index (κ1) is 19.9. The van der Waals surface area contributed by atoms with Crippen molar-refractivity contribution in [2.45, 2.75) is 45.6 Å². The van der Waals surface area contributed by atoms with Gasteiger partial charge in [0.05, 0.1) is 0 Å². The monoisotopic (exact) mass is 381 g/mol. The highest BCUT2D eigenvalue weighted by atomic mass is 16.5. The minimum Gasteiger partial charge on any atom is -0.480 e. The molecule has 1 aliphatic rings. The van der Waals surface area contributed by atoms with Gasteiger partial charge < -0.3 is 15.2 Å². The van der Waals surface area contributed by atoms with Crippen molar-refractivity contribution in [1.82, 2.24) is 5.32 Å². The number of benzene rings is 2. The van der Waals surface area contributed by atoms with E-state index >= 15 is 0 Å². The molecule has 0 bridgehead atoms. The van der Waals surface area contributed by atoms with Crippen LogP contribution in [0.25, 0.3) is 11.1 Å². The van der Waals surface area contributed by atoms with Gasteiger partial charge in [-0.05, 0) is 34.1 Å². The maximum absolute atomic E-state index is 12.3. The molecule has 0 aliphatic heterocycles. The summed E-state index contributed by atoms with van der Waals surface area (Å²) in [5.41, 5.74) is 4.37. The molecule has 5 nitrogen and oxygen atoms in total. The smallest absolute Gasteiger partial charge is 0.407 e. The molecule has 2 N–H and O–H groups in total. The lowest BCUT2D eigenvalue weighted by Gasteiger charge is -2.26. The normalized spacial score (nSPS) is 14.1. The Morgan fingerprint density at radius 1 is 1.07 bits per heavy atom. The summed E-state index contributed by atoms with van der Waals surface area (Å²) in [4.78, 5) is 23.9. The van der Waals surface area contributed by atoms with Crippen LogP contribution in [0.1, 0.15) is 50.7 Å². The number of rotatable bonds is 7. The van der Waals surface area contributed by atoms with E-state index < -0.39 is 18.1 Å². The Morgan fingerprint density at radius 2 is 1.61 bits per heavy atom. The number of hydrogen-bond acceptors (Lipinski definition) is 3. The van der Waals surface area contributed by atoms with Crippen LogP contribution in [0.2, 0.25) is 0 Å². The maximum Gasteiger partial charge on any atom is 0.407 e. The van der Waals surface area contributed by atoms with Gasteiger partial charge in [0.25, 0.3) is 0 Å². The van der Waals surface area contributed by atoms with Crippen LogP contribution in [-0.4, -0.2) is 29.8 Å². The van der Waals surface area contributed by atoms with Crippen molar-refractivity contribution in [2.75, 3.05) is 6.61 Å². The number of aliphatic carboxylic acids is 1. The number of nitrogens with one attached hydrogen (secondary N) is 1. The summed E-state index contributed by atoms with van der Waals surface area (Å²) in [6.07, 6.45) is 0.479. The standard InChI is InChI=1S/C23H27NO4/c1-4-23(2,3)13-20(21(25)26)24-22(27)28-14-19-17-11-7-5-9-15(17)16-10-6-8-12-18(16)19/h5-12,19-20H,4,13-14H2,1-3H3,(H,24,27)(H,25,26)/t20-/m1/s1. The Morgan fingerprint density at radius 3 is 2.11 bits per heavy atom. The number of alkyl carbamates (subject to hydrolysis) is 1. The second-order valence-electron chi connectivity index (χ2n) is 8.08. The zero-order valence-corrected chi connectivity index (χ0v) is 16.6. The molecular weight excluding hydrogens is 354 g/mol. The summed E-state index contributed by atoms with van der Waals surface area (Å²) in [6.45, 7) is 6.15. The van der Waals surface area contributed by atoms with Gasteiger partial charge in [0.1, 0.15) is 12.6 Å². The van der Waals surface area contributed by atoms with Gasteiger partial charge in [0.2, 0.25) is 0 Å². The zero-order valence-electron chi connectivity index (χ0n) is 16.6. The van der Waals surface area contributed by atoms with Crippen LogP contribution in [0, 0.1) is 5.41 Å². The van der Waals surface area contributed by atoms with Crippen molar-refractivity contribution >= 4 is 12.1 Å². The fraction of sp³-hybridized carbons (Fsp3) is 0.391. The third-order valence-corrected chi connectivity index (χ3v) is 5.65. The van der Waals surface area contributed by atoms with E-state index in [2.05, 4.69) is 17.4 Å².